The van der Waals surface area contributed by atoms with Gasteiger partial charge in [-0.05, 0) is 17.7 Å². The van der Waals surface area contributed by atoms with Crippen LogP contribution in [0.4, 0.5) is 0 Å². The first-order valence-corrected chi connectivity index (χ1v) is 3.83. The van der Waals surface area contributed by atoms with Gasteiger partial charge in [0.1, 0.15) is 0 Å². The second-order valence-corrected chi connectivity index (χ2v) is 2.82. The molecule has 1 heterocycles. The van der Waals surface area contributed by atoms with Crippen molar-refractivity contribution >= 4 is 10.9 Å². The molecule has 0 aliphatic rings. The Kier molecular flexibility index (Phi) is 1.59. The summed E-state index contributed by atoms with van der Waals surface area (Å²) in [4.78, 5) is 0. The van der Waals surface area contributed by atoms with Crippen LogP contribution in [-0.4, -0.2) is 14.9 Å². The minimum atomic E-state index is 0.0881. The van der Waals surface area contributed by atoms with Crippen molar-refractivity contribution < 1.29 is 5.11 Å². The number of aliphatic hydroxyl groups is 1. The molecule has 0 atom stereocenters. The molecule has 3 heteroatoms. The summed E-state index contributed by atoms with van der Waals surface area (Å²) in [5.74, 6) is 0. The fourth-order valence-corrected chi connectivity index (χ4v) is 1.31. The topological polar surface area (TPSA) is 38.0 Å². The number of hydrogen-bond acceptors (Lipinski definition) is 2. The zero-order chi connectivity index (χ0) is 8.55. The van der Waals surface area contributed by atoms with Crippen molar-refractivity contribution in [2.45, 2.75) is 6.61 Å². The van der Waals surface area contributed by atoms with E-state index in [4.69, 9.17) is 5.11 Å². The highest BCUT2D eigenvalue weighted by atomic mass is 16.3. The number of nitrogens with zero attached hydrogens (tertiary/aromatic N) is 2. The van der Waals surface area contributed by atoms with E-state index in [0.717, 1.165) is 16.5 Å². The van der Waals surface area contributed by atoms with Gasteiger partial charge in [-0.1, -0.05) is 6.07 Å². The third kappa shape index (κ3) is 0.987. The summed E-state index contributed by atoms with van der Waals surface area (Å²) < 4.78 is 1.82. The first-order valence-electron chi connectivity index (χ1n) is 3.83. The normalized spacial score (nSPS) is 10.8. The van der Waals surface area contributed by atoms with E-state index >= 15 is 0 Å². The second kappa shape index (κ2) is 2.60. The fourth-order valence-electron chi connectivity index (χ4n) is 1.31. The number of benzene rings is 1. The highest BCUT2D eigenvalue weighted by Crippen LogP contribution is 2.14. The first kappa shape index (κ1) is 7.31. The zero-order valence-corrected chi connectivity index (χ0v) is 6.86. The first-order chi connectivity index (χ1) is 5.81. The van der Waals surface area contributed by atoms with Gasteiger partial charge in [-0.3, -0.25) is 4.68 Å². The molecule has 2 rings (SSSR count). The summed E-state index contributed by atoms with van der Waals surface area (Å²) in [5, 5.41) is 14.1. The highest BCUT2D eigenvalue weighted by molar-refractivity contribution is 5.79. The van der Waals surface area contributed by atoms with Crippen LogP contribution < -0.4 is 0 Å². The van der Waals surface area contributed by atoms with E-state index in [1.165, 1.54) is 0 Å². The van der Waals surface area contributed by atoms with Gasteiger partial charge in [0.2, 0.25) is 0 Å². The summed E-state index contributed by atoms with van der Waals surface area (Å²) in [5.41, 5.74) is 2.02. The van der Waals surface area contributed by atoms with Gasteiger partial charge in [0, 0.05) is 12.4 Å². The van der Waals surface area contributed by atoms with Gasteiger partial charge in [-0.15, -0.1) is 0 Å². The lowest BCUT2D eigenvalue weighted by atomic mass is 10.2. The lowest BCUT2D eigenvalue weighted by Crippen LogP contribution is -1.88. The number of rotatable bonds is 1. The lowest BCUT2D eigenvalue weighted by molar-refractivity contribution is 0.282. The molecule has 12 heavy (non-hydrogen) atoms. The van der Waals surface area contributed by atoms with Gasteiger partial charge in [0.15, 0.2) is 0 Å². The Hall–Kier alpha value is -1.35. The Balaban J connectivity index is 2.69. The summed E-state index contributed by atoms with van der Waals surface area (Å²) in [6.07, 6.45) is 1.80. The van der Waals surface area contributed by atoms with Crippen LogP contribution >= 0.6 is 0 Å². The molecule has 0 unspecified atom stereocenters. The average Bonchev–Trinajstić information content (AvgIpc) is 2.47. The molecule has 3 nitrogen and oxygen atoms in total. The SMILES string of the molecule is Cn1ncc2cc(CO)ccc21. The van der Waals surface area contributed by atoms with E-state index in [1.807, 2.05) is 29.9 Å². The van der Waals surface area contributed by atoms with Crippen LogP contribution in [0, 0.1) is 0 Å². The molecule has 1 aromatic heterocycles. The molecule has 1 aromatic carbocycles. The smallest absolute Gasteiger partial charge is 0.0682 e. The Morgan fingerprint density at radius 1 is 1.50 bits per heavy atom. The van der Waals surface area contributed by atoms with Crippen molar-refractivity contribution in [3.05, 3.63) is 30.0 Å². The van der Waals surface area contributed by atoms with Crippen molar-refractivity contribution in [3.8, 4) is 0 Å². The van der Waals surface area contributed by atoms with E-state index < -0.39 is 0 Å². The van der Waals surface area contributed by atoms with Gasteiger partial charge in [0.05, 0.1) is 18.3 Å². The van der Waals surface area contributed by atoms with E-state index in [-0.39, 0.29) is 6.61 Å². The molecule has 0 spiro atoms. The van der Waals surface area contributed by atoms with Crippen LogP contribution in [0.5, 0.6) is 0 Å². The second-order valence-electron chi connectivity index (χ2n) is 2.82. The van der Waals surface area contributed by atoms with E-state index in [9.17, 15) is 0 Å². The van der Waals surface area contributed by atoms with E-state index in [0.29, 0.717) is 0 Å². The average molecular weight is 162 g/mol. The molecule has 0 aliphatic carbocycles. The number of aliphatic hydroxyl groups excluding tert-OH is 1. The predicted octanol–water partition coefficient (Wildman–Crippen LogP) is 1.07. The van der Waals surface area contributed by atoms with Gasteiger partial charge in [-0.25, -0.2) is 0 Å². The van der Waals surface area contributed by atoms with Gasteiger partial charge >= 0.3 is 0 Å². The largest absolute Gasteiger partial charge is 0.392 e. The molecule has 0 aliphatic heterocycles. The van der Waals surface area contributed by atoms with Crippen LogP contribution in [-0.2, 0) is 13.7 Å². The number of hydrogen-bond donors (Lipinski definition) is 1. The van der Waals surface area contributed by atoms with Crippen molar-refractivity contribution in [3.63, 3.8) is 0 Å². The minimum Gasteiger partial charge on any atom is -0.392 e. The fraction of sp³-hybridized carbons (Fsp3) is 0.222. The number of aryl methyl sites for hydroxylation is 1. The number of aromatic nitrogens is 2. The molecule has 0 fully saturated rings. The number of fused-ring (bicyclic) bond motifs is 1. The van der Waals surface area contributed by atoms with Crippen molar-refractivity contribution in [2.24, 2.45) is 7.05 Å². The molecule has 0 saturated heterocycles. The molecule has 0 bridgehead atoms. The van der Waals surface area contributed by atoms with Crippen molar-refractivity contribution in [2.75, 3.05) is 0 Å². The third-order valence-electron chi connectivity index (χ3n) is 1.99. The van der Waals surface area contributed by atoms with Crippen molar-refractivity contribution in [1.82, 2.24) is 9.78 Å². The zero-order valence-electron chi connectivity index (χ0n) is 6.86. The Morgan fingerprint density at radius 3 is 3.08 bits per heavy atom. The van der Waals surface area contributed by atoms with Crippen LogP contribution in [0.3, 0.4) is 0 Å². The van der Waals surface area contributed by atoms with E-state index in [2.05, 4.69) is 5.10 Å². The third-order valence-corrected chi connectivity index (χ3v) is 1.99. The Bertz CT molecular complexity index is 406. The van der Waals surface area contributed by atoms with Crippen LogP contribution in [0.1, 0.15) is 5.56 Å². The van der Waals surface area contributed by atoms with E-state index in [1.54, 1.807) is 6.20 Å². The molecule has 2 aromatic rings. The van der Waals surface area contributed by atoms with Gasteiger partial charge in [-0.2, -0.15) is 5.10 Å². The quantitative estimate of drug-likeness (QED) is 0.681. The summed E-state index contributed by atoms with van der Waals surface area (Å²) in [7, 11) is 1.90. The molecular weight excluding hydrogens is 152 g/mol. The summed E-state index contributed by atoms with van der Waals surface area (Å²) in [6, 6.07) is 5.82. The Labute approximate surface area is 70.2 Å². The van der Waals surface area contributed by atoms with Crippen LogP contribution in [0.25, 0.3) is 10.9 Å². The van der Waals surface area contributed by atoms with Gasteiger partial charge in [0.25, 0.3) is 0 Å². The summed E-state index contributed by atoms with van der Waals surface area (Å²) in [6.45, 7) is 0.0881. The minimum absolute atomic E-state index is 0.0881. The lowest BCUT2D eigenvalue weighted by Gasteiger charge is -1.96. The monoisotopic (exact) mass is 162 g/mol. The summed E-state index contributed by atoms with van der Waals surface area (Å²) >= 11 is 0. The maximum atomic E-state index is 8.88. The molecule has 0 radical (unpaired) electrons. The Morgan fingerprint density at radius 2 is 2.33 bits per heavy atom. The molecule has 62 valence electrons. The molecular formula is C9H10N2O. The molecule has 1 N–H and O–H groups in total. The van der Waals surface area contributed by atoms with Gasteiger partial charge < -0.3 is 5.11 Å². The molecule has 0 amide bonds. The highest BCUT2D eigenvalue weighted by Gasteiger charge is 1.98. The maximum Gasteiger partial charge on any atom is 0.0682 e. The predicted molar refractivity (Wildman–Crippen MR) is 46.6 cm³/mol. The standard InChI is InChI=1S/C9H10N2O/c1-11-9-3-2-7(6-12)4-8(9)5-10-11/h2-5,12H,6H2,1H3. The van der Waals surface area contributed by atoms with Crippen LogP contribution in [0.15, 0.2) is 24.4 Å². The van der Waals surface area contributed by atoms with Crippen molar-refractivity contribution in [1.29, 1.82) is 0 Å². The maximum absolute atomic E-state index is 8.88. The molecule has 0 saturated carbocycles. The van der Waals surface area contributed by atoms with Crippen LogP contribution in [0.2, 0.25) is 0 Å².